The van der Waals surface area contributed by atoms with Gasteiger partial charge < -0.3 is 4.90 Å². The average Bonchev–Trinajstić information content (AvgIpc) is 2.69. The Hall–Kier alpha value is -2.74. The van der Waals surface area contributed by atoms with Crippen molar-refractivity contribution in [1.29, 1.82) is 5.26 Å². The maximum absolute atomic E-state index is 9.01. The van der Waals surface area contributed by atoms with Gasteiger partial charge in [-0.2, -0.15) is 5.26 Å². The first-order chi connectivity index (χ1) is 12.7. The van der Waals surface area contributed by atoms with Crippen LogP contribution in [0.3, 0.4) is 0 Å². The third-order valence-electron chi connectivity index (χ3n) is 5.08. The molecular formula is C22H22N4. The van der Waals surface area contributed by atoms with Crippen molar-refractivity contribution in [2.75, 3.05) is 33.2 Å². The topological polar surface area (TPSA) is 43.2 Å². The second-order valence-corrected chi connectivity index (χ2v) is 7.02. The quantitative estimate of drug-likeness (QED) is 0.730. The summed E-state index contributed by atoms with van der Waals surface area (Å²) >= 11 is 0. The molecule has 1 aliphatic rings. The van der Waals surface area contributed by atoms with Crippen LogP contribution >= 0.6 is 0 Å². The molecule has 0 amide bonds. The van der Waals surface area contributed by atoms with E-state index in [4.69, 9.17) is 5.26 Å². The predicted octanol–water partition coefficient (Wildman–Crippen LogP) is 3.52. The standard InChI is InChI=1S/C22H22N4/c1-25-7-9-26(10-8-25)16-17-3-2-4-19(11-17)20-5-6-21-12-18(14-23)15-24-22(21)13-20/h2-6,11-13,15H,7-10,16H2,1H3. The van der Waals surface area contributed by atoms with Gasteiger partial charge >= 0.3 is 0 Å². The van der Waals surface area contributed by atoms with Crippen LogP contribution in [0.5, 0.6) is 0 Å². The molecule has 0 saturated carbocycles. The number of fused-ring (bicyclic) bond motifs is 1. The molecule has 0 radical (unpaired) electrons. The summed E-state index contributed by atoms with van der Waals surface area (Å²) < 4.78 is 0. The molecule has 4 rings (SSSR count). The second-order valence-electron chi connectivity index (χ2n) is 7.02. The van der Waals surface area contributed by atoms with Crippen molar-refractivity contribution in [1.82, 2.24) is 14.8 Å². The summed E-state index contributed by atoms with van der Waals surface area (Å²) in [5, 5.41) is 10.0. The van der Waals surface area contributed by atoms with Crippen molar-refractivity contribution in [3.8, 4) is 17.2 Å². The van der Waals surface area contributed by atoms with Crippen LogP contribution in [0, 0.1) is 11.3 Å². The Morgan fingerprint density at radius 1 is 1.00 bits per heavy atom. The lowest BCUT2D eigenvalue weighted by Crippen LogP contribution is -2.43. The molecule has 0 bridgehead atoms. The third-order valence-corrected chi connectivity index (χ3v) is 5.08. The van der Waals surface area contributed by atoms with Gasteiger partial charge in [-0.15, -0.1) is 0 Å². The summed E-state index contributed by atoms with van der Waals surface area (Å²) in [6, 6.07) is 19.1. The van der Waals surface area contributed by atoms with Gasteiger partial charge in [0.2, 0.25) is 0 Å². The Morgan fingerprint density at radius 3 is 2.62 bits per heavy atom. The van der Waals surface area contributed by atoms with Crippen molar-refractivity contribution < 1.29 is 0 Å². The van der Waals surface area contributed by atoms with Crippen molar-refractivity contribution in [2.45, 2.75) is 6.54 Å². The Labute approximate surface area is 154 Å². The molecule has 4 nitrogen and oxygen atoms in total. The van der Waals surface area contributed by atoms with E-state index in [0.717, 1.165) is 49.2 Å². The van der Waals surface area contributed by atoms with E-state index >= 15 is 0 Å². The van der Waals surface area contributed by atoms with Crippen molar-refractivity contribution >= 4 is 10.9 Å². The van der Waals surface area contributed by atoms with Gasteiger partial charge in [-0.3, -0.25) is 9.88 Å². The maximum Gasteiger partial charge on any atom is 0.101 e. The van der Waals surface area contributed by atoms with E-state index in [-0.39, 0.29) is 0 Å². The molecule has 4 heteroatoms. The van der Waals surface area contributed by atoms with Crippen molar-refractivity contribution in [3.63, 3.8) is 0 Å². The number of nitrogens with zero attached hydrogens (tertiary/aromatic N) is 4. The molecule has 0 atom stereocenters. The van der Waals surface area contributed by atoms with Gasteiger partial charge in [0.25, 0.3) is 0 Å². The highest BCUT2D eigenvalue weighted by Gasteiger charge is 2.14. The number of aromatic nitrogens is 1. The SMILES string of the molecule is CN1CCN(Cc2cccc(-c3ccc4cc(C#N)cnc4c3)c2)CC1. The fourth-order valence-electron chi connectivity index (χ4n) is 3.48. The average molecular weight is 342 g/mol. The van der Waals surface area contributed by atoms with Gasteiger partial charge in [-0.05, 0) is 41.9 Å². The van der Waals surface area contributed by atoms with Crippen LogP contribution in [0.2, 0.25) is 0 Å². The number of rotatable bonds is 3. The number of hydrogen-bond donors (Lipinski definition) is 0. The Balaban J connectivity index is 1.58. The fourth-order valence-corrected chi connectivity index (χ4v) is 3.48. The molecule has 1 aromatic heterocycles. The Morgan fingerprint density at radius 2 is 1.81 bits per heavy atom. The number of pyridine rings is 1. The lowest BCUT2D eigenvalue weighted by atomic mass is 10.0. The molecule has 3 aromatic rings. The van der Waals surface area contributed by atoms with Crippen LogP contribution in [-0.2, 0) is 6.54 Å². The second kappa shape index (κ2) is 7.25. The summed E-state index contributed by atoms with van der Waals surface area (Å²) in [7, 11) is 2.19. The first-order valence-electron chi connectivity index (χ1n) is 9.01. The number of nitriles is 1. The van der Waals surface area contributed by atoms with Gasteiger partial charge in [-0.1, -0.05) is 30.3 Å². The van der Waals surface area contributed by atoms with E-state index < -0.39 is 0 Å². The van der Waals surface area contributed by atoms with Crippen LogP contribution in [0.15, 0.2) is 54.7 Å². The highest BCUT2D eigenvalue weighted by Crippen LogP contribution is 2.25. The molecule has 1 aliphatic heterocycles. The first kappa shape index (κ1) is 16.7. The number of likely N-dealkylation sites (N-methyl/N-ethyl adjacent to an activating group) is 1. The minimum atomic E-state index is 0.597. The minimum absolute atomic E-state index is 0.597. The molecule has 2 heterocycles. The zero-order chi connectivity index (χ0) is 17.9. The monoisotopic (exact) mass is 342 g/mol. The first-order valence-corrected chi connectivity index (χ1v) is 9.01. The van der Waals surface area contributed by atoms with Crippen LogP contribution in [0.1, 0.15) is 11.1 Å². The van der Waals surface area contributed by atoms with Crippen LogP contribution in [0.4, 0.5) is 0 Å². The van der Waals surface area contributed by atoms with Crippen LogP contribution in [0.25, 0.3) is 22.0 Å². The normalized spacial score (nSPS) is 15.8. The molecule has 130 valence electrons. The van der Waals surface area contributed by atoms with Crippen molar-refractivity contribution in [2.24, 2.45) is 0 Å². The molecule has 0 unspecified atom stereocenters. The minimum Gasteiger partial charge on any atom is -0.304 e. The maximum atomic E-state index is 9.01. The smallest absolute Gasteiger partial charge is 0.101 e. The molecule has 0 aliphatic carbocycles. The zero-order valence-corrected chi connectivity index (χ0v) is 15.0. The molecule has 1 saturated heterocycles. The highest BCUT2D eigenvalue weighted by molar-refractivity contribution is 5.85. The number of hydrogen-bond acceptors (Lipinski definition) is 4. The largest absolute Gasteiger partial charge is 0.304 e. The van der Waals surface area contributed by atoms with E-state index in [9.17, 15) is 0 Å². The van der Waals surface area contributed by atoms with E-state index in [1.807, 2.05) is 12.1 Å². The van der Waals surface area contributed by atoms with Crippen LogP contribution < -0.4 is 0 Å². The van der Waals surface area contributed by atoms with Crippen LogP contribution in [-0.4, -0.2) is 48.0 Å². The molecule has 2 aromatic carbocycles. The number of piperazine rings is 1. The highest BCUT2D eigenvalue weighted by atomic mass is 15.2. The molecular weight excluding hydrogens is 320 g/mol. The summed E-state index contributed by atoms with van der Waals surface area (Å²) in [6.07, 6.45) is 1.63. The summed E-state index contributed by atoms with van der Waals surface area (Å²) in [5.41, 5.74) is 5.24. The molecule has 0 N–H and O–H groups in total. The van der Waals surface area contributed by atoms with Gasteiger partial charge in [0.05, 0.1) is 11.1 Å². The summed E-state index contributed by atoms with van der Waals surface area (Å²) in [4.78, 5) is 9.33. The number of benzene rings is 2. The van der Waals surface area contributed by atoms with Gasteiger partial charge in [0.15, 0.2) is 0 Å². The van der Waals surface area contributed by atoms with E-state index in [1.165, 1.54) is 11.1 Å². The fraction of sp³-hybridized carbons (Fsp3) is 0.273. The van der Waals surface area contributed by atoms with Gasteiger partial charge in [0, 0.05) is 44.3 Å². The Kier molecular flexibility index (Phi) is 4.66. The predicted molar refractivity (Wildman–Crippen MR) is 105 cm³/mol. The van der Waals surface area contributed by atoms with E-state index in [1.54, 1.807) is 6.20 Å². The summed E-state index contributed by atoms with van der Waals surface area (Å²) in [6.45, 7) is 5.53. The summed E-state index contributed by atoms with van der Waals surface area (Å²) in [5.74, 6) is 0. The van der Waals surface area contributed by atoms with E-state index in [2.05, 4.69) is 64.3 Å². The lowest BCUT2D eigenvalue weighted by Gasteiger charge is -2.32. The zero-order valence-electron chi connectivity index (χ0n) is 15.0. The molecule has 0 spiro atoms. The lowest BCUT2D eigenvalue weighted by molar-refractivity contribution is 0.148. The molecule has 1 fully saturated rings. The van der Waals surface area contributed by atoms with Crippen molar-refractivity contribution in [3.05, 3.63) is 65.9 Å². The third kappa shape index (κ3) is 3.60. The molecule has 26 heavy (non-hydrogen) atoms. The van der Waals surface area contributed by atoms with E-state index in [0.29, 0.717) is 5.56 Å². The van der Waals surface area contributed by atoms with Gasteiger partial charge in [0.1, 0.15) is 6.07 Å². The van der Waals surface area contributed by atoms with Gasteiger partial charge in [-0.25, -0.2) is 0 Å². The Bertz CT molecular complexity index is 965.